The van der Waals surface area contributed by atoms with E-state index in [1.54, 1.807) is 0 Å². The third-order valence-electron chi connectivity index (χ3n) is 2.37. The lowest BCUT2D eigenvalue weighted by Gasteiger charge is -2.13. The van der Waals surface area contributed by atoms with Gasteiger partial charge in [0.05, 0.1) is 0 Å². The van der Waals surface area contributed by atoms with Crippen LogP contribution in [-0.2, 0) is 9.59 Å². The Kier molecular flexibility index (Phi) is 3.88. The third kappa shape index (κ3) is 2.99. The number of hydrogen-bond donors (Lipinski definition) is 3. The van der Waals surface area contributed by atoms with E-state index >= 15 is 0 Å². The first kappa shape index (κ1) is 11.0. The molecule has 0 spiro atoms. The van der Waals surface area contributed by atoms with Crippen molar-refractivity contribution < 1.29 is 9.59 Å². The van der Waals surface area contributed by atoms with E-state index in [4.69, 9.17) is 5.73 Å². The maximum absolute atomic E-state index is 11.4. The van der Waals surface area contributed by atoms with E-state index in [2.05, 4.69) is 10.6 Å². The van der Waals surface area contributed by atoms with E-state index in [9.17, 15) is 9.59 Å². The van der Waals surface area contributed by atoms with Crippen molar-refractivity contribution in [3.63, 3.8) is 0 Å². The van der Waals surface area contributed by atoms with Gasteiger partial charge in [-0.1, -0.05) is 6.92 Å². The quantitative estimate of drug-likeness (QED) is 0.549. The highest BCUT2D eigenvalue weighted by atomic mass is 16.2. The van der Waals surface area contributed by atoms with Crippen molar-refractivity contribution in [2.24, 2.45) is 5.73 Å². The fourth-order valence-electron chi connectivity index (χ4n) is 1.31. The minimum atomic E-state index is -0.355. The van der Waals surface area contributed by atoms with Gasteiger partial charge in [0.1, 0.15) is 6.04 Å². The lowest BCUT2D eigenvalue weighted by molar-refractivity contribution is -0.125. The third-order valence-corrected chi connectivity index (χ3v) is 2.37. The van der Waals surface area contributed by atoms with Crippen molar-refractivity contribution in [2.75, 3.05) is 6.54 Å². The largest absolute Gasteiger partial charge is 0.353 e. The van der Waals surface area contributed by atoms with Crippen LogP contribution in [0.2, 0.25) is 0 Å². The highest BCUT2D eigenvalue weighted by molar-refractivity contribution is 5.90. The van der Waals surface area contributed by atoms with Gasteiger partial charge in [-0.15, -0.1) is 0 Å². The Labute approximate surface area is 83.4 Å². The summed E-state index contributed by atoms with van der Waals surface area (Å²) in [4.78, 5) is 22.3. The van der Waals surface area contributed by atoms with Gasteiger partial charge in [-0.2, -0.15) is 0 Å². The summed E-state index contributed by atoms with van der Waals surface area (Å²) in [7, 11) is 0. The first-order valence-corrected chi connectivity index (χ1v) is 4.96. The minimum Gasteiger partial charge on any atom is -0.353 e. The van der Waals surface area contributed by atoms with Gasteiger partial charge in [0, 0.05) is 19.0 Å². The average molecular weight is 199 g/mol. The summed E-state index contributed by atoms with van der Waals surface area (Å²) in [5.74, 6) is -0.176. The van der Waals surface area contributed by atoms with Crippen molar-refractivity contribution in [1.29, 1.82) is 0 Å². The number of amides is 2. The fraction of sp³-hybridized carbons (Fsp3) is 0.778. The fourth-order valence-corrected chi connectivity index (χ4v) is 1.31. The summed E-state index contributed by atoms with van der Waals surface area (Å²) >= 11 is 0. The van der Waals surface area contributed by atoms with Gasteiger partial charge in [-0.3, -0.25) is 9.59 Å². The molecule has 0 aromatic rings. The Morgan fingerprint density at radius 1 is 1.79 bits per heavy atom. The molecular weight excluding hydrogens is 182 g/mol. The van der Waals surface area contributed by atoms with Crippen LogP contribution in [0.15, 0.2) is 0 Å². The smallest absolute Gasteiger partial charge is 0.242 e. The van der Waals surface area contributed by atoms with Crippen LogP contribution in [0.25, 0.3) is 0 Å². The first-order valence-electron chi connectivity index (χ1n) is 4.96. The number of carbonyl (C=O) groups excluding carboxylic acids is 2. The minimum absolute atomic E-state index is 0.00365. The van der Waals surface area contributed by atoms with Gasteiger partial charge in [0.15, 0.2) is 0 Å². The summed E-state index contributed by atoms with van der Waals surface area (Å²) < 4.78 is 0. The molecule has 4 N–H and O–H groups in total. The Balaban J connectivity index is 2.25. The Bertz CT molecular complexity index is 230. The second kappa shape index (κ2) is 4.95. The number of rotatable bonds is 4. The lowest BCUT2D eigenvalue weighted by atomic mass is 10.2. The van der Waals surface area contributed by atoms with Crippen molar-refractivity contribution in [3.8, 4) is 0 Å². The molecule has 0 aliphatic carbocycles. The summed E-state index contributed by atoms with van der Waals surface area (Å²) in [6, 6.07) is -0.359. The predicted octanol–water partition coefficient (Wildman–Crippen LogP) is -0.881. The van der Waals surface area contributed by atoms with Crippen molar-refractivity contribution in [2.45, 2.75) is 38.3 Å². The zero-order chi connectivity index (χ0) is 10.6. The molecule has 2 amide bonds. The zero-order valence-corrected chi connectivity index (χ0v) is 8.38. The molecule has 1 rings (SSSR count). The van der Waals surface area contributed by atoms with Crippen LogP contribution in [0.4, 0.5) is 0 Å². The van der Waals surface area contributed by atoms with Crippen molar-refractivity contribution in [1.82, 2.24) is 10.6 Å². The SMILES string of the molecule is CCC(N)CNC(=O)[C@@H]1CCC(=O)N1. The van der Waals surface area contributed by atoms with E-state index in [-0.39, 0.29) is 23.9 Å². The van der Waals surface area contributed by atoms with Crippen LogP contribution in [0.1, 0.15) is 26.2 Å². The summed E-state index contributed by atoms with van der Waals surface area (Å²) in [5.41, 5.74) is 5.65. The number of nitrogens with one attached hydrogen (secondary N) is 2. The molecule has 1 heterocycles. The number of nitrogens with two attached hydrogens (primary N) is 1. The Morgan fingerprint density at radius 2 is 2.50 bits per heavy atom. The molecule has 5 nitrogen and oxygen atoms in total. The first-order chi connectivity index (χ1) is 6.63. The normalized spacial score (nSPS) is 23.0. The molecule has 2 atom stereocenters. The van der Waals surface area contributed by atoms with Gasteiger partial charge in [0.2, 0.25) is 11.8 Å². The van der Waals surface area contributed by atoms with E-state index in [1.807, 2.05) is 6.92 Å². The van der Waals surface area contributed by atoms with Crippen LogP contribution < -0.4 is 16.4 Å². The van der Waals surface area contributed by atoms with Crippen molar-refractivity contribution in [3.05, 3.63) is 0 Å². The molecule has 0 bridgehead atoms. The number of carbonyl (C=O) groups is 2. The molecule has 14 heavy (non-hydrogen) atoms. The molecule has 1 aliphatic rings. The summed E-state index contributed by atoms with van der Waals surface area (Å²) in [5, 5.41) is 5.32. The molecule has 1 fully saturated rings. The molecule has 80 valence electrons. The van der Waals surface area contributed by atoms with E-state index in [1.165, 1.54) is 0 Å². The van der Waals surface area contributed by atoms with E-state index in [0.29, 0.717) is 19.4 Å². The standard InChI is InChI=1S/C9H17N3O2/c1-2-6(10)5-11-9(14)7-3-4-8(13)12-7/h6-7H,2-5,10H2,1H3,(H,11,14)(H,12,13)/t6?,7-/m0/s1. The second-order valence-corrected chi connectivity index (χ2v) is 3.57. The summed E-state index contributed by atoms with van der Waals surface area (Å²) in [6.45, 7) is 2.44. The lowest BCUT2D eigenvalue weighted by Crippen LogP contribution is -2.45. The molecule has 0 aromatic carbocycles. The van der Waals surface area contributed by atoms with Gasteiger partial charge in [0.25, 0.3) is 0 Å². The molecule has 0 saturated carbocycles. The Hall–Kier alpha value is -1.10. The highest BCUT2D eigenvalue weighted by Gasteiger charge is 2.26. The molecule has 1 unspecified atom stereocenters. The van der Waals surface area contributed by atoms with Gasteiger partial charge in [-0.05, 0) is 12.8 Å². The van der Waals surface area contributed by atoms with Crippen LogP contribution in [-0.4, -0.2) is 30.4 Å². The monoisotopic (exact) mass is 199 g/mol. The van der Waals surface area contributed by atoms with Crippen LogP contribution in [0.3, 0.4) is 0 Å². The van der Waals surface area contributed by atoms with E-state index < -0.39 is 0 Å². The molecule has 1 aliphatic heterocycles. The van der Waals surface area contributed by atoms with Crippen LogP contribution in [0, 0.1) is 0 Å². The summed E-state index contributed by atoms with van der Waals surface area (Å²) in [6.07, 6.45) is 1.86. The second-order valence-electron chi connectivity index (χ2n) is 3.57. The zero-order valence-electron chi connectivity index (χ0n) is 8.38. The average Bonchev–Trinajstić information content (AvgIpc) is 2.60. The number of hydrogen-bond acceptors (Lipinski definition) is 3. The molecule has 5 heteroatoms. The maximum atomic E-state index is 11.4. The molecule has 0 radical (unpaired) electrons. The Morgan fingerprint density at radius 3 is 3.00 bits per heavy atom. The highest BCUT2D eigenvalue weighted by Crippen LogP contribution is 2.05. The van der Waals surface area contributed by atoms with Gasteiger partial charge >= 0.3 is 0 Å². The topological polar surface area (TPSA) is 84.2 Å². The van der Waals surface area contributed by atoms with Crippen molar-refractivity contribution >= 4 is 11.8 Å². The van der Waals surface area contributed by atoms with Gasteiger partial charge in [-0.25, -0.2) is 0 Å². The predicted molar refractivity (Wildman–Crippen MR) is 52.4 cm³/mol. The van der Waals surface area contributed by atoms with Gasteiger partial charge < -0.3 is 16.4 Å². The molecule has 1 saturated heterocycles. The maximum Gasteiger partial charge on any atom is 0.242 e. The molecule has 0 aromatic heterocycles. The van der Waals surface area contributed by atoms with Crippen LogP contribution in [0.5, 0.6) is 0 Å². The van der Waals surface area contributed by atoms with Crippen LogP contribution >= 0.6 is 0 Å². The van der Waals surface area contributed by atoms with E-state index in [0.717, 1.165) is 6.42 Å². The molecular formula is C9H17N3O2.